The van der Waals surface area contributed by atoms with E-state index in [0.717, 1.165) is 6.42 Å². The molecule has 120 valence electrons. The minimum absolute atomic E-state index is 0.202. The number of benzene rings is 1. The van der Waals surface area contributed by atoms with Crippen molar-refractivity contribution in [3.05, 3.63) is 35.4 Å². The number of hydrogen-bond donors (Lipinski definition) is 2. The molecule has 3 nitrogen and oxygen atoms in total. The fraction of sp³-hybridized carbons (Fsp3) is 0.667. The number of nitrogens with one attached hydrogen (secondary N) is 1. The van der Waals surface area contributed by atoms with E-state index in [-0.39, 0.29) is 12.1 Å². The predicted molar refractivity (Wildman–Crippen MR) is 88.5 cm³/mol. The first-order valence-corrected chi connectivity index (χ1v) is 7.98. The molecule has 0 fully saturated rings. The van der Waals surface area contributed by atoms with Crippen LogP contribution in [0.1, 0.15) is 51.3 Å². The van der Waals surface area contributed by atoms with Gasteiger partial charge in [-0.1, -0.05) is 38.1 Å². The Labute approximate surface area is 129 Å². The highest BCUT2D eigenvalue weighted by Crippen LogP contribution is 2.16. The van der Waals surface area contributed by atoms with Crippen LogP contribution in [0.4, 0.5) is 0 Å². The number of rotatable bonds is 9. The highest BCUT2D eigenvalue weighted by molar-refractivity contribution is 5.28. The van der Waals surface area contributed by atoms with E-state index >= 15 is 0 Å². The molecule has 0 heterocycles. The van der Waals surface area contributed by atoms with Crippen LogP contribution in [0.2, 0.25) is 0 Å². The lowest BCUT2D eigenvalue weighted by Crippen LogP contribution is -2.33. The van der Waals surface area contributed by atoms with E-state index in [1.165, 1.54) is 11.1 Å². The summed E-state index contributed by atoms with van der Waals surface area (Å²) in [7, 11) is 0. The Morgan fingerprint density at radius 2 is 1.81 bits per heavy atom. The molecule has 3 atom stereocenters. The summed E-state index contributed by atoms with van der Waals surface area (Å²) in [5.41, 5.74) is 2.55. The van der Waals surface area contributed by atoms with Gasteiger partial charge in [-0.15, -0.1) is 0 Å². The first-order chi connectivity index (χ1) is 9.90. The highest BCUT2D eigenvalue weighted by atomic mass is 16.5. The van der Waals surface area contributed by atoms with Gasteiger partial charge in [0, 0.05) is 12.6 Å². The minimum atomic E-state index is -0.467. The van der Waals surface area contributed by atoms with Gasteiger partial charge in [-0.25, -0.2) is 0 Å². The monoisotopic (exact) mass is 293 g/mol. The van der Waals surface area contributed by atoms with Crippen molar-refractivity contribution in [3.63, 3.8) is 0 Å². The van der Waals surface area contributed by atoms with Gasteiger partial charge >= 0.3 is 0 Å². The molecule has 0 aromatic heterocycles. The molecule has 2 N–H and O–H groups in total. The summed E-state index contributed by atoms with van der Waals surface area (Å²) in [6, 6.07) is 8.56. The zero-order chi connectivity index (χ0) is 15.8. The van der Waals surface area contributed by atoms with Gasteiger partial charge in [0.1, 0.15) is 0 Å². The Balaban J connectivity index is 2.29. The van der Waals surface area contributed by atoms with Crippen LogP contribution in [0.15, 0.2) is 24.3 Å². The Morgan fingerprint density at radius 3 is 2.43 bits per heavy atom. The van der Waals surface area contributed by atoms with Crippen LogP contribution < -0.4 is 5.32 Å². The van der Waals surface area contributed by atoms with Crippen molar-refractivity contribution in [2.24, 2.45) is 5.92 Å². The average Bonchev–Trinajstić information content (AvgIpc) is 2.42. The summed E-state index contributed by atoms with van der Waals surface area (Å²) < 4.78 is 5.69. The number of hydrogen-bond acceptors (Lipinski definition) is 3. The lowest BCUT2D eigenvalue weighted by atomic mass is 10.0. The third-order valence-electron chi connectivity index (χ3n) is 3.69. The maximum absolute atomic E-state index is 10.0. The van der Waals surface area contributed by atoms with Crippen molar-refractivity contribution >= 4 is 0 Å². The summed E-state index contributed by atoms with van der Waals surface area (Å²) in [6.07, 6.45) is 0.763. The molecule has 0 spiro atoms. The lowest BCUT2D eigenvalue weighted by molar-refractivity contribution is -0.00914. The minimum Gasteiger partial charge on any atom is -0.389 e. The third kappa shape index (κ3) is 7.07. The summed E-state index contributed by atoms with van der Waals surface area (Å²) in [5.74, 6) is 0.622. The molecule has 1 aromatic rings. The van der Waals surface area contributed by atoms with Crippen LogP contribution in [-0.4, -0.2) is 30.5 Å². The normalized spacial score (nSPS) is 16.0. The standard InChI is InChI=1S/C18H31NO2/c1-13(2)10-15(4)21-12-17(20)11-19-16(5)18-9-7-6-8-14(18)3/h6-9,13,15-17,19-20H,10-12H2,1-5H3. The predicted octanol–water partition coefficient (Wildman–Crippen LogP) is 3.46. The number of aliphatic hydroxyl groups is 1. The zero-order valence-electron chi connectivity index (χ0n) is 14.1. The van der Waals surface area contributed by atoms with E-state index in [0.29, 0.717) is 19.1 Å². The van der Waals surface area contributed by atoms with Crippen LogP contribution in [0.3, 0.4) is 0 Å². The molecule has 1 aromatic carbocycles. The molecule has 0 aliphatic heterocycles. The molecule has 1 rings (SSSR count). The third-order valence-corrected chi connectivity index (χ3v) is 3.69. The summed E-state index contributed by atoms with van der Waals surface area (Å²) >= 11 is 0. The zero-order valence-corrected chi connectivity index (χ0v) is 14.1. The van der Waals surface area contributed by atoms with Crippen molar-refractivity contribution in [1.82, 2.24) is 5.32 Å². The van der Waals surface area contributed by atoms with Crippen molar-refractivity contribution < 1.29 is 9.84 Å². The molecule has 3 unspecified atom stereocenters. The second kappa shape index (κ2) is 9.19. The van der Waals surface area contributed by atoms with E-state index in [2.05, 4.69) is 52.1 Å². The van der Waals surface area contributed by atoms with Crippen molar-refractivity contribution in [3.8, 4) is 0 Å². The SMILES string of the molecule is Cc1ccccc1C(C)NCC(O)COC(C)CC(C)C. The topological polar surface area (TPSA) is 41.5 Å². The van der Waals surface area contributed by atoms with Crippen molar-refractivity contribution in [2.75, 3.05) is 13.2 Å². The van der Waals surface area contributed by atoms with Gasteiger partial charge < -0.3 is 15.2 Å². The van der Waals surface area contributed by atoms with E-state index in [9.17, 15) is 5.11 Å². The highest BCUT2D eigenvalue weighted by Gasteiger charge is 2.12. The van der Waals surface area contributed by atoms with Crippen LogP contribution in [0.25, 0.3) is 0 Å². The van der Waals surface area contributed by atoms with Gasteiger partial charge in [0.2, 0.25) is 0 Å². The van der Waals surface area contributed by atoms with E-state index in [1.807, 2.05) is 12.1 Å². The van der Waals surface area contributed by atoms with Crippen molar-refractivity contribution in [2.45, 2.75) is 59.3 Å². The number of aryl methyl sites for hydroxylation is 1. The molecule has 3 heteroatoms. The fourth-order valence-electron chi connectivity index (χ4n) is 2.56. The van der Waals surface area contributed by atoms with Gasteiger partial charge in [-0.2, -0.15) is 0 Å². The Morgan fingerprint density at radius 1 is 1.14 bits per heavy atom. The molecule has 0 saturated carbocycles. The fourth-order valence-corrected chi connectivity index (χ4v) is 2.56. The Hall–Kier alpha value is -0.900. The van der Waals surface area contributed by atoms with Crippen LogP contribution >= 0.6 is 0 Å². The van der Waals surface area contributed by atoms with Crippen LogP contribution in [-0.2, 0) is 4.74 Å². The first kappa shape index (κ1) is 18.1. The molecular formula is C18H31NO2. The maximum atomic E-state index is 10.0. The quantitative estimate of drug-likeness (QED) is 0.732. The second-order valence-corrected chi connectivity index (χ2v) is 6.41. The van der Waals surface area contributed by atoms with E-state index in [1.54, 1.807) is 0 Å². The van der Waals surface area contributed by atoms with Crippen LogP contribution in [0, 0.1) is 12.8 Å². The summed E-state index contributed by atoms with van der Waals surface area (Å²) in [4.78, 5) is 0. The van der Waals surface area contributed by atoms with Crippen LogP contribution in [0.5, 0.6) is 0 Å². The number of ether oxygens (including phenoxy) is 1. The smallest absolute Gasteiger partial charge is 0.0898 e. The van der Waals surface area contributed by atoms with E-state index < -0.39 is 6.10 Å². The molecule has 0 aliphatic rings. The molecule has 0 bridgehead atoms. The first-order valence-electron chi connectivity index (χ1n) is 7.98. The second-order valence-electron chi connectivity index (χ2n) is 6.41. The molecule has 0 saturated heterocycles. The molecule has 21 heavy (non-hydrogen) atoms. The summed E-state index contributed by atoms with van der Waals surface area (Å²) in [6.45, 7) is 11.6. The lowest BCUT2D eigenvalue weighted by Gasteiger charge is -2.21. The van der Waals surface area contributed by atoms with E-state index in [4.69, 9.17) is 4.74 Å². The number of aliphatic hydroxyl groups excluding tert-OH is 1. The largest absolute Gasteiger partial charge is 0.389 e. The molecule has 0 amide bonds. The van der Waals surface area contributed by atoms with Gasteiger partial charge in [0.15, 0.2) is 0 Å². The van der Waals surface area contributed by atoms with Gasteiger partial charge in [-0.05, 0) is 44.2 Å². The van der Waals surface area contributed by atoms with Gasteiger partial charge in [0.25, 0.3) is 0 Å². The average molecular weight is 293 g/mol. The Bertz CT molecular complexity index is 406. The van der Waals surface area contributed by atoms with Gasteiger partial charge in [0.05, 0.1) is 18.8 Å². The summed E-state index contributed by atoms with van der Waals surface area (Å²) in [5, 5.41) is 13.4. The molecule has 0 aliphatic carbocycles. The molecular weight excluding hydrogens is 262 g/mol. The maximum Gasteiger partial charge on any atom is 0.0898 e. The van der Waals surface area contributed by atoms with Gasteiger partial charge in [-0.3, -0.25) is 0 Å². The van der Waals surface area contributed by atoms with Crippen molar-refractivity contribution in [1.29, 1.82) is 0 Å². The Kier molecular flexibility index (Phi) is 7.94. The molecule has 0 radical (unpaired) electrons.